The van der Waals surface area contributed by atoms with Crippen LogP contribution in [-0.4, -0.2) is 85.2 Å². The van der Waals surface area contributed by atoms with Crippen LogP contribution in [0, 0.1) is 17.8 Å². The second-order valence-corrected chi connectivity index (χ2v) is 9.32. The Morgan fingerprint density at radius 3 is 2.89 bits per heavy atom. The van der Waals surface area contributed by atoms with E-state index in [1.54, 1.807) is 24.3 Å². The molecule has 192 valence electrons. The predicted molar refractivity (Wildman–Crippen MR) is 133 cm³/mol. The van der Waals surface area contributed by atoms with Gasteiger partial charge >= 0.3 is 0 Å². The number of fused-ring (bicyclic) bond motifs is 2. The topological polar surface area (TPSA) is 93.6 Å². The minimum absolute atomic E-state index is 0.00160. The van der Waals surface area contributed by atoms with Crippen LogP contribution >= 0.6 is 0 Å². The molecule has 0 saturated carbocycles. The summed E-state index contributed by atoms with van der Waals surface area (Å²) in [4.78, 5) is 21.8. The van der Waals surface area contributed by atoms with Gasteiger partial charge in [-0.2, -0.15) is 0 Å². The summed E-state index contributed by atoms with van der Waals surface area (Å²) in [6.45, 7) is 6.03. The number of amides is 1. The average molecular weight is 496 g/mol. The number of hydrogen-bond donors (Lipinski definition) is 1. The Morgan fingerprint density at radius 1 is 1.31 bits per heavy atom. The molecule has 9 nitrogen and oxygen atoms in total. The third-order valence-corrected chi connectivity index (χ3v) is 6.35. The summed E-state index contributed by atoms with van der Waals surface area (Å²) in [5.41, 5.74) is 2.04. The fourth-order valence-electron chi connectivity index (χ4n) is 4.32. The molecule has 0 radical (unpaired) electrons. The number of benzene rings is 1. The first-order valence-electron chi connectivity index (χ1n) is 12.0. The van der Waals surface area contributed by atoms with Gasteiger partial charge in [-0.3, -0.25) is 9.69 Å². The van der Waals surface area contributed by atoms with Gasteiger partial charge in [-0.15, -0.1) is 0 Å². The fourth-order valence-corrected chi connectivity index (χ4v) is 4.32. The van der Waals surface area contributed by atoms with Crippen LogP contribution in [0.25, 0.3) is 0 Å². The zero-order chi connectivity index (χ0) is 25.7. The standard InChI is InChI=1S/C27H33N3O6/c1-18-13-30(19(2)16-31)27(32)22-10-20(6-5-9-33-4)12-28-26(22)36-25(18)15-29(3)14-21-7-8-23-24(11-21)35-17-34-23/h7-8,10-12,18-19,25,31H,9,13-17H2,1-4H3/t18-,19-,25-/m1/s1. The number of aromatic nitrogens is 1. The van der Waals surface area contributed by atoms with E-state index >= 15 is 0 Å². The molecule has 3 heterocycles. The van der Waals surface area contributed by atoms with Crippen LogP contribution in [0.3, 0.4) is 0 Å². The summed E-state index contributed by atoms with van der Waals surface area (Å²) < 4.78 is 22.3. The van der Waals surface area contributed by atoms with Crippen LogP contribution in [0.5, 0.6) is 17.4 Å². The maximum Gasteiger partial charge on any atom is 0.259 e. The molecule has 3 atom stereocenters. The number of aliphatic hydroxyl groups excluding tert-OH is 1. The first-order chi connectivity index (χ1) is 17.4. The van der Waals surface area contributed by atoms with Crippen molar-refractivity contribution in [2.75, 3.05) is 47.3 Å². The van der Waals surface area contributed by atoms with Crippen molar-refractivity contribution in [3.8, 4) is 29.2 Å². The maximum atomic E-state index is 13.5. The van der Waals surface area contributed by atoms with Crippen LogP contribution in [-0.2, 0) is 11.3 Å². The lowest BCUT2D eigenvalue weighted by molar-refractivity contribution is 0.0325. The third-order valence-electron chi connectivity index (χ3n) is 6.35. The molecule has 0 unspecified atom stereocenters. The Morgan fingerprint density at radius 2 is 2.11 bits per heavy atom. The lowest BCUT2D eigenvalue weighted by atomic mass is 9.99. The average Bonchev–Trinajstić information content (AvgIpc) is 3.34. The number of methoxy groups -OCH3 is 1. The zero-order valence-electron chi connectivity index (χ0n) is 21.2. The van der Waals surface area contributed by atoms with E-state index in [0.717, 1.165) is 17.1 Å². The van der Waals surface area contributed by atoms with Gasteiger partial charge < -0.3 is 29.0 Å². The van der Waals surface area contributed by atoms with Crippen LogP contribution in [0.1, 0.15) is 35.3 Å². The van der Waals surface area contributed by atoms with E-state index < -0.39 is 0 Å². The molecule has 0 saturated heterocycles. The van der Waals surface area contributed by atoms with Crippen LogP contribution in [0.2, 0.25) is 0 Å². The molecule has 1 aromatic heterocycles. The molecule has 2 aliphatic heterocycles. The van der Waals surface area contributed by atoms with Gasteiger partial charge in [0.05, 0.1) is 12.6 Å². The normalized spacial score (nSPS) is 19.6. The minimum Gasteiger partial charge on any atom is -0.472 e. The SMILES string of the molecule is COCC#Cc1cnc2c(c1)C(=O)N([C@H](C)CO)C[C@@H](C)[C@@H](CN(C)Cc1ccc3c(c1)OCO3)O2. The molecule has 4 rings (SSSR count). The molecule has 1 N–H and O–H groups in total. The van der Waals surface area contributed by atoms with Gasteiger partial charge in [0.25, 0.3) is 5.91 Å². The van der Waals surface area contributed by atoms with E-state index in [4.69, 9.17) is 18.9 Å². The lowest BCUT2D eigenvalue weighted by Gasteiger charge is -2.37. The molecular weight excluding hydrogens is 462 g/mol. The molecule has 1 amide bonds. The number of likely N-dealkylation sites (N-methyl/N-ethyl adjacent to an activating group) is 1. The highest BCUT2D eigenvalue weighted by atomic mass is 16.7. The van der Waals surface area contributed by atoms with Gasteiger partial charge in [-0.25, -0.2) is 4.98 Å². The van der Waals surface area contributed by atoms with Crippen LogP contribution in [0.4, 0.5) is 0 Å². The summed E-state index contributed by atoms with van der Waals surface area (Å²) in [5.74, 6) is 7.42. The van der Waals surface area contributed by atoms with Gasteiger partial charge in [0, 0.05) is 44.4 Å². The van der Waals surface area contributed by atoms with E-state index in [-0.39, 0.29) is 49.9 Å². The van der Waals surface area contributed by atoms with Crippen molar-refractivity contribution >= 4 is 5.91 Å². The Bertz CT molecular complexity index is 1140. The molecule has 9 heteroatoms. The lowest BCUT2D eigenvalue weighted by Crippen LogP contribution is -2.49. The van der Waals surface area contributed by atoms with Crippen molar-refractivity contribution in [3.05, 3.63) is 47.2 Å². The number of carbonyl (C=O) groups is 1. The highest BCUT2D eigenvalue weighted by Gasteiger charge is 2.34. The van der Waals surface area contributed by atoms with E-state index in [2.05, 4.69) is 28.6 Å². The summed E-state index contributed by atoms with van der Waals surface area (Å²) in [7, 11) is 3.60. The highest BCUT2D eigenvalue weighted by Crippen LogP contribution is 2.33. The highest BCUT2D eigenvalue weighted by molar-refractivity contribution is 5.97. The monoisotopic (exact) mass is 495 g/mol. The smallest absolute Gasteiger partial charge is 0.259 e. The molecule has 0 spiro atoms. The summed E-state index contributed by atoms with van der Waals surface area (Å²) in [6.07, 6.45) is 1.37. The first kappa shape index (κ1) is 25.8. The molecule has 1 aromatic carbocycles. The van der Waals surface area contributed by atoms with Crippen molar-refractivity contribution in [2.24, 2.45) is 5.92 Å². The second kappa shape index (κ2) is 11.6. The van der Waals surface area contributed by atoms with E-state index in [1.807, 2.05) is 32.2 Å². The molecule has 36 heavy (non-hydrogen) atoms. The number of hydrogen-bond acceptors (Lipinski definition) is 8. The van der Waals surface area contributed by atoms with Crippen LogP contribution < -0.4 is 14.2 Å². The van der Waals surface area contributed by atoms with Gasteiger partial charge in [-0.05, 0) is 37.7 Å². The molecule has 2 aromatic rings. The molecule has 0 aliphatic carbocycles. The van der Waals surface area contributed by atoms with Gasteiger partial charge in [0.1, 0.15) is 18.3 Å². The Balaban J connectivity index is 1.57. The van der Waals surface area contributed by atoms with Gasteiger partial charge in [0.2, 0.25) is 12.7 Å². The van der Waals surface area contributed by atoms with Crippen molar-refractivity contribution in [1.82, 2.24) is 14.8 Å². The van der Waals surface area contributed by atoms with E-state index in [0.29, 0.717) is 30.8 Å². The number of carbonyl (C=O) groups excluding carboxylic acids is 1. The van der Waals surface area contributed by atoms with Crippen molar-refractivity contribution in [3.63, 3.8) is 0 Å². The first-order valence-corrected chi connectivity index (χ1v) is 12.0. The predicted octanol–water partition coefficient (Wildman–Crippen LogP) is 2.16. The Kier molecular flexibility index (Phi) is 8.31. The second-order valence-electron chi connectivity index (χ2n) is 9.32. The van der Waals surface area contributed by atoms with E-state index in [1.165, 1.54) is 0 Å². The van der Waals surface area contributed by atoms with Crippen molar-refractivity contribution in [1.29, 1.82) is 0 Å². The van der Waals surface area contributed by atoms with Gasteiger partial charge in [0.15, 0.2) is 11.5 Å². The number of pyridine rings is 1. The minimum atomic E-state index is -0.346. The largest absolute Gasteiger partial charge is 0.472 e. The van der Waals surface area contributed by atoms with Crippen molar-refractivity contribution in [2.45, 2.75) is 32.5 Å². The fraction of sp³-hybridized carbons (Fsp3) is 0.481. The number of rotatable bonds is 7. The Hall–Kier alpha value is -3.32. The molecule has 2 aliphatic rings. The molecule has 0 fully saturated rings. The third kappa shape index (κ3) is 5.90. The summed E-state index contributed by atoms with van der Waals surface area (Å²) in [6, 6.07) is 7.30. The van der Waals surface area contributed by atoms with Gasteiger partial charge in [-0.1, -0.05) is 24.8 Å². The Labute approximate surface area is 211 Å². The quantitative estimate of drug-likeness (QED) is 0.585. The molecular formula is C27H33N3O6. The number of nitrogens with zero attached hydrogens (tertiary/aromatic N) is 3. The van der Waals surface area contributed by atoms with E-state index in [9.17, 15) is 9.90 Å². The number of aliphatic hydroxyl groups is 1. The van der Waals surface area contributed by atoms with Crippen molar-refractivity contribution < 1.29 is 28.8 Å². The zero-order valence-corrected chi connectivity index (χ0v) is 21.2. The number of ether oxygens (including phenoxy) is 4. The summed E-state index contributed by atoms with van der Waals surface area (Å²) in [5, 5.41) is 9.84. The van der Waals surface area contributed by atoms with Crippen LogP contribution in [0.15, 0.2) is 30.5 Å². The maximum absolute atomic E-state index is 13.5. The summed E-state index contributed by atoms with van der Waals surface area (Å²) >= 11 is 0. The molecule has 0 bridgehead atoms.